The van der Waals surface area contributed by atoms with E-state index in [4.69, 9.17) is 19.6 Å². The molecule has 0 spiro atoms. The summed E-state index contributed by atoms with van der Waals surface area (Å²) in [6.45, 7) is 1.77. The molecule has 3 N–H and O–H groups in total. The number of benzene rings is 1. The predicted molar refractivity (Wildman–Crippen MR) is 86.8 cm³/mol. The number of aryl methyl sites for hydroxylation is 1. The highest BCUT2D eigenvalue weighted by Crippen LogP contribution is 2.32. The Morgan fingerprint density at radius 3 is 2.83 bits per heavy atom. The second-order valence-corrected chi connectivity index (χ2v) is 6.45. The highest BCUT2D eigenvalue weighted by atomic mass is 32.2. The van der Waals surface area contributed by atoms with E-state index in [1.807, 2.05) is 0 Å². The minimum absolute atomic E-state index is 0.242. The summed E-state index contributed by atoms with van der Waals surface area (Å²) < 4.78 is 10.9. The molecule has 3 rings (SSSR count). The standard InChI is InChI=1S/C14H14BNO7S/c1-6-2-7(22-14-16-9(5-24-14)13(19)20)3-8-12(6)10(4-11(17)18)23-15(8)21/h2-3,9-10,21H,4-5H2,1H3,(H,17,18)(H,19,20). The van der Waals surface area contributed by atoms with Crippen LogP contribution in [0, 0.1) is 6.92 Å². The maximum atomic E-state index is 10.9. The van der Waals surface area contributed by atoms with E-state index in [2.05, 4.69) is 4.99 Å². The van der Waals surface area contributed by atoms with Gasteiger partial charge in [-0.05, 0) is 35.6 Å². The summed E-state index contributed by atoms with van der Waals surface area (Å²) in [5.74, 6) is -1.33. The number of rotatable bonds is 4. The molecule has 2 heterocycles. The second kappa shape index (κ2) is 6.46. The molecule has 8 nitrogen and oxygen atoms in total. The molecule has 2 aliphatic heterocycles. The van der Waals surface area contributed by atoms with Gasteiger partial charge in [0.2, 0.25) is 0 Å². The van der Waals surface area contributed by atoms with E-state index in [0.717, 1.165) is 5.56 Å². The van der Waals surface area contributed by atoms with E-state index in [1.54, 1.807) is 19.1 Å². The van der Waals surface area contributed by atoms with Crippen molar-refractivity contribution in [3.63, 3.8) is 0 Å². The maximum Gasteiger partial charge on any atom is 0.492 e. The van der Waals surface area contributed by atoms with Crippen LogP contribution in [0.3, 0.4) is 0 Å². The van der Waals surface area contributed by atoms with Crippen LogP contribution in [0.5, 0.6) is 5.75 Å². The number of carboxylic acid groups (broad SMARTS) is 2. The van der Waals surface area contributed by atoms with Crippen molar-refractivity contribution >= 4 is 41.5 Å². The molecule has 0 saturated heterocycles. The Kier molecular flexibility index (Phi) is 4.53. The third-order valence-electron chi connectivity index (χ3n) is 3.75. The minimum Gasteiger partial charge on any atom is -0.481 e. The Morgan fingerprint density at radius 1 is 1.46 bits per heavy atom. The molecule has 2 unspecified atom stereocenters. The van der Waals surface area contributed by atoms with Crippen molar-refractivity contribution in [1.82, 2.24) is 0 Å². The van der Waals surface area contributed by atoms with E-state index < -0.39 is 31.2 Å². The van der Waals surface area contributed by atoms with Crippen LogP contribution < -0.4 is 10.2 Å². The number of nitrogens with zero attached hydrogens (tertiary/aromatic N) is 1. The van der Waals surface area contributed by atoms with Crippen molar-refractivity contribution in [3.8, 4) is 5.75 Å². The Morgan fingerprint density at radius 2 is 2.21 bits per heavy atom. The van der Waals surface area contributed by atoms with E-state index >= 15 is 0 Å². The molecule has 126 valence electrons. The fraction of sp³-hybridized carbons (Fsp3) is 0.357. The summed E-state index contributed by atoms with van der Waals surface area (Å²) >= 11 is 1.20. The molecule has 0 amide bonds. The number of thioether (sulfide) groups is 1. The summed E-state index contributed by atoms with van der Waals surface area (Å²) in [5, 5.41) is 28.1. The van der Waals surface area contributed by atoms with Gasteiger partial charge < -0.3 is 24.6 Å². The van der Waals surface area contributed by atoms with Gasteiger partial charge in [-0.25, -0.2) is 9.79 Å². The average molecular weight is 351 g/mol. The monoisotopic (exact) mass is 351 g/mol. The number of carboxylic acids is 2. The van der Waals surface area contributed by atoms with Crippen molar-refractivity contribution in [3.05, 3.63) is 23.3 Å². The van der Waals surface area contributed by atoms with Crippen LogP contribution in [0.15, 0.2) is 17.1 Å². The molecule has 0 aliphatic carbocycles. The van der Waals surface area contributed by atoms with Crippen molar-refractivity contribution in [2.45, 2.75) is 25.5 Å². The lowest BCUT2D eigenvalue weighted by Gasteiger charge is -2.13. The molecule has 0 radical (unpaired) electrons. The zero-order chi connectivity index (χ0) is 17.4. The summed E-state index contributed by atoms with van der Waals surface area (Å²) in [5.41, 5.74) is 1.82. The number of carbonyl (C=O) groups is 2. The first-order valence-electron chi connectivity index (χ1n) is 7.16. The molecule has 1 aromatic carbocycles. The van der Waals surface area contributed by atoms with Gasteiger partial charge in [0.1, 0.15) is 5.75 Å². The zero-order valence-electron chi connectivity index (χ0n) is 12.6. The average Bonchev–Trinajstić information content (AvgIpc) is 3.05. The zero-order valence-corrected chi connectivity index (χ0v) is 13.4. The Bertz CT molecular complexity index is 738. The van der Waals surface area contributed by atoms with Crippen LogP contribution in [0.1, 0.15) is 23.7 Å². The van der Waals surface area contributed by atoms with E-state index in [0.29, 0.717) is 22.5 Å². The number of ether oxygens (including phenoxy) is 1. The lowest BCUT2D eigenvalue weighted by atomic mass is 9.77. The highest BCUT2D eigenvalue weighted by Gasteiger charge is 2.38. The molecule has 2 atom stereocenters. The molecule has 0 fully saturated rings. The van der Waals surface area contributed by atoms with Crippen molar-refractivity contribution in [2.75, 3.05) is 5.75 Å². The summed E-state index contributed by atoms with van der Waals surface area (Å²) in [4.78, 5) is 25.8. The SMILES string of the molecule is Cc1cc(OC2=NC(C(=O)O)CS2)cc2c1C(CC(=O)O)OB2O. The van der Waals surface area contributed by atoms with E-state index in [9.17, 15) is 14.6 Å². The number of fused-ring (bicyclic) bond motifs is 1. The number of aliphatic imine (C=N–C) groups is 1. The lowest BCUT2D eigenvalue weighted by Crippen LogP contribution is -2.28. The van der Waals surface area contributed by atoms with Gasteiger partial charge in [-0.3, -0.25) is 4.79 Å². The smallest absolute Gasteiger partial charge is 0.481 e. The highest BCUT2D eigenvalue weighted by molar-refractivity contribution is 8.13. The fourth-order valence-electron chi connectivity index (χ4n) is 2.74. The lowest BCUT2D eigenvalue weighted by molar-refractivity contribution is -0.139. The molecule has 0 bridgehead atoms. The first-order chi connectivity index (χ1) is 11.3. The Labute approximate surface area is 141 Å². The van der Waals surface area contributed by atoms with Gasteiger partial charge in [-0.15, -0.1) is 0 Å². The van der Waals surface area contributed by atoms with E-state index in [1.165, 1.54) is 11.8 Å². The molecular formula is C14H14BNO7S. The van der Waals surface area contributed by atoms with Crippen molar-refractivity contribution < 1.29 is 34.2 Å². The maximum absolute atomic E-state index is 10.9. The third-order valence-corrected chi connectivity index (χ3v) is 4.67. The quantitative estimate of drug-likeness (QED) is 0.655. The fourth-order valence-corrected chi connectivity index (χ4v) is 3.61. The van der Waals surface area contributed by atoms with Gasteiger partial charge in [0, 0.05) is 5.75 Å². The first-order valence-corrected chi connectivity index (χ1v) is 8.14. The topological polar surface area (TPSA) is 126 Å². The van der Waals surface area contributed by atoms with Gasteiger partial charge in [-0.2, -0.15) is 0 Å². The Balaban J connectivity index is 1.84. The molecule has 24 heavy (non-hydrogen) atoms. The Hall–Kier alpha value is -2.04. The summed E-state index contributed by atoms with van der Waals surface area (Å²) in [7, 11) is -1.23. The van der Waals surface area contributed by atoms with Gasteiger partial charge in [0.05, 0.1) is 12.5 Å². The summed E-state index contributed by atoms with van der Waals surface area (Å²) in [6, 6.07) is 2.42. The molecule has 10 heteroatoms. The number of aliphatic carboxylic acids is 2. The largest absolute Gasteiger partial charge is 0.492 e. The predicted octanol–water partition coefficient (Wildman–Crippen LogP) is 0.163. The van der Waals surface area contributed by atoms with Crippen LogP contribution in [0.2, 0.25) is 0 Å². The van der Waals surface area contributed by atoms with Crippen LogP contribution in [-0.4, -0.2) is 51.3 Å². The number of hydrogen-bond acceptors (Lipinski definition) is 7. The van der Waals surface area contributed by atoms with E-state index in [-0.39, 0.29) is 11.7 Å². The van der Waals surface area contributed by atoms with Crippen LogP contribution in [0.25, 0.3) is 0 Å². The normalized spacial score (nSPS) is 22.2. The number of hydrogen-bond donors (Lipinski definition) is 3. The van der Waals surface area contributed by atoms with Crippen LogP contribution >= 0.6 is 11.8 Å². The summed E-state index contributed by atoms with van der Waals surface area (Å²) in [6.07, 6.45) is -0.954. The molecule has 2 aliphatic rings. The van der Waals surface area contributed by atoms with Crippen molar-refractivity contribution in [1.29, 1.82) is 0 Å². The minimum atomic E-state index is -1.23. The van der Waals surface area contributed by atoms with Gasteiger partial charge in [-0.1, -0.05) is 11.8 Å². The van der Waals surface area contributed by atoms with Crippen LogP contribution in [0.4, 0.5) is 0 Å². The molecule has 1 aromatic rings. The molecular weight excluding hydrogens is 337 g/mol. The molecule has 0 aromatic heterocycles. The third kappa shape index (κ3) is 3.26. The molecule has 0 saturated carbocycles. The van der Waals surface area contributed by atoms with Crippen molar-refractivity contribution in [2.24, 2.45) is 4.99 Å². The van der Waals surface area contributed by atoms with Crippen LogP contribution in [-0.2, 0) is 14.2 Å². The van der Waals surface area contributed by atoms with Gasteiger partial charge in [0.25, 0.3) is 5.23 Å². The van der Waals surface area contributed by atoms with Gasteiger partial charge >= 0.3 is 19.1 Å². The second-order valence-electron chi connectivity index (χ2n) is 5.48. The van der Waals surface area contributed by atoms with Gasteiger partial charge in [0.15, 0.2) is 6.04 Å². The first kappa shape index (κ1) is 16.8.